The molecule has 5 heterocycles. The van der Waals surface area contributed by atoms with Crippen LogP contribution in [0, 0.1) is 0 Å². The Morgan fingerprint density at radius 3 is 2.58 bits per heavy atom. The monoisotopic (exact) mass is 511 g/mol. The molecule has 196 valence electrons. The Morgan fingerprint density at radius 2 is 1.87 bits per heavy atom. The summed E-state index contributed by atoms with van der Waals surface area (Å²) in [7, 11) is 0. The minimum absolute atomic E-state index is 0.107. The van der Waals surface area contributed by atoms with Gasteiger partial charge in [0.05, 0.1) is 17.8 Å². The van der Waals surface area contributed by atoms with Gasteiger partial charge in [0, 0.05) is 55.5 Å². The average molecular weight is 512 g/mol. The summed E-state index contributed by atoms with van der Waals surface area (Å²) in [6, 6.07) is 16.7. The van der Waals surface area contributed by atoms with Gasteiger partial charge >= 0.3 is 6.09 Å². The lowest BCUT2D eigenvalue weighted by atomic mass is 10.1. The molecule has 0 spiro atoms. The predicted octanol–water partition coefficient (Wildman–Crippen LogP) is 5.15. The Labute approximate surface area is 222 Å². The molecule has 2 unspecified atom stereocenters. The summed E-state index contributed by atoms with van der Waals surface area (Å²) < 4.78 is 7.68. The van der Waals surface area contributed by atoms with E-state index in [-0.39, 0.29) is 18.2 Å². The van der Waals surface area contributed by atoms with Gasteiger partial charge in [-0.2, -0.15) is 0 Å². The van der Waals surface area contributed by atoms with Gasteiger partial charge in [-0.3, -0.25) is 4.40 Å². The van der Waals surface area contributed by atoms with E-state index in [4.69, 9.17) is 9.72 Å². The van der Waals surface area contributed by atoms with Crippen molar-refractivity contribution in [2.75, 3.05) is 29.4 Å². The average Bonchev–Trinajstić information content (AvgIpc) is 3.64. The van der Waals surface area contributed by atoms with Crippen molar-refractivity contribution in [3.8, 4) is 11.3 Å². The summed E-state index contributed by atoms with van der Waals surface area (Å²) >= 11 is 0. The van der Waals surface area contributed by atoms with E-state index in [2.05, 4.69) is 44.9 Å². The highest BCUT2D eigenvalue weighted by Gasteiger charge is 2.47. The number of anilines is 3. The third-order valence-electron chi connectivity index (χ3n) is 7.20. The van der Waals surface area contributed by atoms with Crippen LogP contribution >= 0.6 is 0 Å². The number of carbonyl (C=O) groups excluding carboxylic acids is 1. The Kier molecular flexibility index (Phi) is 5.93. The SMILES string of the molecule is CCN(c1ccccc1)c1cc(-c2cc3nccn3c(N3CC4CC3CN4C(=O)OC(C)(C)C)n2)ccn1. The second kappa shape index (κ2) is 9.31. The number of likely N-dealkylation sites (tertiary alicyclic amines) is 1. The Bertz CT molecular complexity index is 1460. The van der Waals surface area contributed by atoms with Crippen molar-refractivity contribution in [1.82, 2.24) is 24.3 Å². The lowest BCUT2D eigenvalue weighted by Crippen LogP contribution is -2.50. The number of ether oxygens (including phenoxy) is 1. The molecule has 2 atom stereocenters. The first kappa shape index (κ1) is 24.2. The Morgan fingerprint density at radius 1 is 1.05 bits per heavy atom. The van der Waals surface area contributed by atoms with E-state index in [9.17, 15) is 4.79 Å². The first-order valence-corrected chi connectivity index (χ1v) is 13.2. The van der Waals surface area contributed by atoms with E-state index < -0.39 is 5.60 Å². The highest BCUT2D eigenvalue weighted by Crippen LogP contribution is 2.36. The van der Waals surface area contributed by atoms with Crippen molar-refractivity contribution in [3.05, 3.63) is 67.1 Å². The smallest absolute Gasteiger partial charge is 0.410 e. The quantitative estimate of drug-likeness (QED) is 0.367. The maximum Gasteiger partial charge on any atom is 0.410 e. The van der Waals surface area contributed by atoms with Gasteiger partial charge in [-0.05, 0) is 58.4 Å². The van der Waals surface area contributed by atoms with Crippen LogP contribution in [0.5, 0.6) is 0 Å². The Hall–Kier alpha value is -4.14. The van der Waals surface area contributed by atoms with Gasteiger partial charge in [0.2, 0.25) is 5.95 Å². The number of rotatable bonds is 5. The van der Waals surface area contributed by atoms with E-state index in [0.29, 0.717) is 13.1 Å². The maximum atomic E-state index is 12.8. The zero-order valence-corrected chi connectivity index (χ0v) is 22.3. The molecule has 3 aromatic heterocycles. The molecule has 38 heavy (non-hydrogen) atoms. The second-order valence-electron chi connectivity index (χ2n) is 10.9. The third kappa shape index (κ3) is 4.42. The second-order valence-corrected chi connectivity index (χ2v) is 10.9. The number of carbonyl (C=O) groups is 1. The van der Waals surface area contributed by atoms with Crippen LogP contribution in [-0.4, -0.2) is 67.7 Å². The maximum absolute atomic E-state index is 12.8. The number of amides is 1. The molecule has 0 N–H and O–H groups in total. The minimum atomic E-state index is -0.505. The van der Waals surface area contributed by atoms with E-state index in [1.54, 1.807) is 6.20 Å². The number of imidazole rings is 1. The first-order chi connectivity index (χ1) is 18.3. The molecule has 2 aliphatic rings. The summed E-state index contributed by atoms with van der Waals surface area (Å²) in [4.78, 5) is 33.5. The van der Waals surface area contributed by atoms with Crippen molar-refractivity contribution < 1.29 is 9.53 Å². The third-order valence-corrected chi connectivity index (χ3v) is 7.20. The molecule has 1 amide bonds. The topological polar surface area (TPSA) is 79.1 Å². The number of aromatic nitrogens is 4. The summed E-state index contributed by atoms with van der Waals surface area (Å²) in [5.74, 6) is 1.72. The molecule has 0 radical (unpaired) electrons. The van der Waals surface area contributed by atoms with E-state index >= 15 is 0 Å². The van der Waals surface area contributed by atoms with Crippen LogP contribution in [0.25, 0.3) is 16.9 Å². The summed E-state index contributed by atoms with van der Waals surface area (Å²) in [5.41, 5.74) is 3.26. The van der Waals surface area contributed by atoms with Crippen molar-refractivity contribution in [2.45, 2.75) is 51.8 Å². The van der Waals surface area contributed by atoms with Gasteiger partial charge < -0.3 is 19.4 Å². The zero-order valence-electron chi connectivity index (χ0n) is 22.3. The van der Waals surface area contributed by atoms with Crippen LogP contribution in [0.4, 0.5) is 22.2 Å². The molecule has 1 aromatic carbocycles. The molecule has 9 nitrogen and oxygen atoms in total. The molecule has 2 saturated heterocycles. The fraction of sp³-hybridized carbons (Fsp3) is 0.379. The van der Waals surface area contributed by atoms with Gasteiger partial charge in [-0.1, -0.05) is 18.2 Å². The predicted molar refractivity (Wildman–Crippen MR) is 148 cm³/mol. The number of hydrogen-bond acceptors (Lipinski definition) is 7. The van der Waals surface area contributed by atoms with E-state index in [0.717, 1.165) is 47.3 Å². The fourth-order valence-corrected chi connectivity index (χ4v) is 5.52. The largest absolute Gasteiger partial charge is 0.444 e. The molecule has 6 rings (SSSR count). The lowest BCUT2D eigenvalue weighted by molar-refractivity contribution is 0.0214. The van der Waals surface area contributed by atoms with Gasteiger partial charge in [0.15, 0.2) is 0 Å². The normalized spacial score (nSPS) is 18.8. The molecule has 2 aliphatic heterocycles. The number of fused-ring (bicyclic) bond motifs is 3. The van der Waals surface area contributed by atoms with Crippen molar-refractivity contribution in [3.63, 3.8) is 0 Å². The fourth-order valence-electron chi connectivity index (χ4n) is 5.52. The molecule has 0 aliphatic carbocycles. The van der Waals surface area contributed by atoms with Gasteiger partial charge in [0.25, 0.3) is 0 Å². The number of para-hydroxylation sites is 1. The number of piperazine rings is 1. The number of nitrogens with zero attached hydrogens (tertiary/aromatic N) is 7. The van der Waals surface area contributed by atoms with Crippen LogP contribution in [0.15, 0.2) is 67.1 Å². The molecule has 0 saturated carbocycles. The molecule has 2 bridgehead atoms. The van der Waals surface area contributed by atoms with Crippen LogP contribution in [0.2, 0.25) is 0 Å². The molecular weight excluding hydrogens is 478 g/mol. The zero-order chi connectivity index (χ0) is 26.4. The van der Waals surface area contributed by atoms with E-state index in [1.165, 1.54) is 0 Å². The highest BCUT2D eigenvalue weighted by molar-refractivity contribution is 5.72. The first-order valence-electron chi connectivity index (χ1n) is 13.2. The lowest BCUT2D eigenvalue weighted by Gasteiger charge is -2.35. The van der Waals surface area contributed by atoms with Gasteiger partial charge in [-0.15, -0.1) is 0 Å². The van der Waals surface area contributed by atoms with Crippen LogP contribution in [0.1, 0.15) is 34.1 Å². The summed E-state index contributed by atoms with van der Waals surface area (Å²) in [6.45, 7) is 9.97. The van der Waals surface area contributed by atoms with Crippen molar-refractivity contribution in [1.29, 1.82) is 0 Å². The molecule has 4 aromatic rings. The van der Waals surface area contributed by atoms with Crippen LogP contribution in [0.3, 0.4) is 0 Å². The van der Waals surface area contributed by atoms with Crippen LogP contribution in [-0.2, 0) is 4.74 Å². The Balaban J connectivity index is 1.31. The van der Waals surface area contributed by atoms with E-state index in [1.807, 2.05) is 72.8 Å². The van der Waals surface area contributed by atoms with Crippen molar-refractivity contribution >= 4 is 29.2 Å². The number of hydrogen-bond donors (Lipinski definition) is 0. The summed E-state index contributed by atoms with van der Waals surface area (Å²) in [6.07, 6.45) is 6.26. The summed E-state index contributed by atoms with van der Waals surface area (Å²) in [5, 5.41) is 0. The molecule has 2 fully saturated rings. The standard InChI is InChI=1S/C29H33N7O2/c1-5-33(21-9-7-6-8-10-21)25-15-20(11-12-30-25)24-17-26-31-13-14-34(26)27(32-24)35-18-23-16-22(35)19-36(23)28(37)38-29(2,3)4/h6-15,17,22-23H,5,16,18-19H2,1-4H3. The number of benzene rings is 1. The molecule has 9 heteroatoms. The number of pyridine rings is 1. The van der Waals surface area contributed by atoms with Gasteiger partial charge in [0.1, 0.15) is 17.1 Å². The molecular formula is C29H33N7O2. The minimum Gasteiger partial charge on any atom is -0.444 e. The highest BCUT2D eigenvalue weighted by atomic mass is 16.6. The van der Waals surface area contributed by atoms with Gasteiger partial charge in [-0.25, -0.2) is 19.7 Å². The van der Waals surface area contributed by atoms with Crippen LogP contribution < -0.4 is 9.80 Å². The van der Waals surface area contributed by atoms with Crippen molar-refractivity contribution in [2.24, 2.45) is 0 Å².